The highest BCUT2D eigenvalue weighted by Gasteiger charge is 2.49. The van der Waals surface area contributed by atoms with Crippen molar-refractivity contribution >= 4 is 16.0 Å². The number of benzene rings is 1. The van der Waals surface area contributed by atoms with Crippen molar-refractivity contribution in [3.63, 3.8) is 0 Å². The Labute approximate surface area is 211 Å². The number of hydrogen-bond acceptors (Lipinski definition) is 8. The molecule has 204 valence electrons. The van der Waals surface area contributed by atoms with E-state index in [-0.39, 0.29) is 30.3 Å². The molecule has 4 rings (SSSR count). The van der Waals surface area contributed by atoms with Gasteiger partial charge in [0.15, 0.2) is 5.82 Å². The predicted octanol–water partition coefficient (Wildman–Crippen LogP) is 3.92. The number of hydrogen-bond donors (Lipinski definition) is 0. The Balaban J connectivity index is 1.75. The maximum Gasteiger partial charge on any atom is 0.534 e. The molecular weight excluding hydrogens is 546 g/mol. The fourth-order valence-electron chi connectivity index (χ4n) is 3.50. The molecule has 3 aromatic rings. The molecule has 2 aromatic heterocycles. The number of nitrogens with zero attached hydrogens (tertiary/aromatic N) is 6. The SMILES string of the molecule is CC(c1ncnn1-c1ncccn1)N(CC1CC1)C(=O)c1cc(OS(=O)(=O)C(F)(F)F)cc(C(F)(F)F)c1. The van der Waals surface area contributed by atoms with Crippen molar-refractivity contribution in [2.75, 3.05) is 6.54 Å². The quantitative estimate of drug-likeness (QED) is 0.230. The van der Waals surface area contributed by atoms with Crippen LogP contribution in [0.25, 0.3) is 5.95 Å². The first-order valence-corrected chi connectivity index (χ1v) is 12.3. The molecule has 0 radical (unpaired) electrons. The van der Waals surface area contributed by atoms with E-state index >= 15 is 0 Å². The van der Waals surface area contributed by atoms with Crippen molar-refractivity contribution in [2.24, 2.45) is 5.92 Å². The van der Waals surface area contributed by atoms with Crippen molar-refractivity contribution in [1.29, 1.82) is 0 Å². The van der Waals surface area contributed by atoms with Crippen LogP contribution in [0.5, 0.6) is 5.75 Å². The lowest BCUT2D eigenvalue weighted by molar-refractivity contribution is -0.137. The topological polar surface area (TPSA) is 120 Å². The molecule has 0 spiro atoms. The Morgan fingerprint density at radius 1 is 1.11 bits per heavy atom. The molecule has 10 nitrogen and oxygen atoms in total. The summed E-state index contributed by atoms with van der Waals surface area (Å²) in [6.07, 6.45) is 0.390. The van der Waals surface area contributed by atoms with E-state index in [9.17, 15) is 39.6 Å². The summed E-state index contributed by atoms with van der Waals surface area (Å²) in [6.45, 7) is 1.61. The summed E-state index contributed by atoms with van der Waals surface area (Å²) >= 11 is 0. The lowest BCUT2D eigenvalue weighted by Crippen LogP contribution is -2.37. The highest BCUT2D eigenvalue weighted by Crippen LogP contribution is 2.37. The number of carbonyl (C=O) groups excluding carboxylic acids is 1. The van der Waals surface area contributed by atoms with Gasteiger partial charge in [0.25, 0.3) is 11.9 Å². The van der Waals surface area contributed by atoms with Crippen LogP contribution in [-0.2, 0) is 16.3 Å². The first-order valence-electron chi connectivity index (χ1n) is 10.9. The van der Waals surface area contributed by atoms with Gasteiger partial charge in [0.05, 0.1) is 11.6 Å². The number of halogens is 6. The van der Waals surface area contributed by atoms with E-state index in [1.807, 2.05) is 0 Å². The van der Waals surface area contributed by atoms with E-state index in [0.29, 0.717) is 12.1 Å². The van der Waals surface area contributed by atoms with Gasteiger partial charge in [0.1, 0.15) is 12.1 Å². The Morgan fingerprint density at radius 2 is 1.76 bits per heavy atom. The zero-order valence-corrected chi connectivity index (χ0v) is 20.1. The summed E-state index contributed by atoms with van der Waals surface area (Å²) in [7, 11) is -6.30. The minimum atomic E-state index is -6.30. The van der Waals surface area contributed by atoms with Crippen LogP contribution < -0.4 is 4.18 Å². The molecule has 1 amide bonds. The van der Waals surface area contributed by atoms with Gasteiger partial charge in [-0.05, 0) is 49.9 Å². The number of rotatable bonds is 8. The van der Waals surface area contributed by atoms with Crippen molar-refractivity contribution < 1.29 is 43.7 Å². The number of aromatic nitrogens is 5. The third kappa shape index (κ3) is 5.87. The molecule has 1 saturated carbocycles. The van der Waals surface area contributed by atoms with Crippen LogP contribution in [-0.4, -0.2) is 56.0 Å². The largest absolute Gasteiger partial charge is 0.534 e. The summed E-state index contributed by atoms with van der Waals surface area (Å²) < 4.78 is 107. The van der Waals surface area contributed by atoms with Crippen molar-refractivity contribution in [1.82, 2.24) is 29.6 Å². The van der Waals surface area contributed by atoms with Gasteiger partial charge in [0.2, 0.25) is 0 Å². The lowest BCUT2D eigenvalue weighted by Gasteiger charge is -2.29. The van der Waals surface area contributed by atoms with Gasteiger partial charge >= 0.3 is 21.8 Å². The summed E-state index contributed by atoms with van der Waals surface area (Å²) in [5.74, 6) is -2.04. The molecule has 0 saturated heterocycles. The predicted molar refractivity (Wildman–Crippen MR) is 116 cm³/mol. The molecular formula is C21H18F6N6O4S. The molecule has 2 heterocycles. The van der Waals surface area contributed by atoms with Crippen LogP contribution >= 0.6 is 0 Å². The Hall–Kier alpha value is -3.76. The Kier molecular flexibility index (Phi) is 7.07. The lowest BCUT2D eigenvalue weighted by atomic mass is 10.1. The maximum absolute atomic E-state index is 13.5. The number of amides is 1. The average molecular weight is 564 g/mol. The minimum absolute atomic E-state index is 0.0258. The smallest absolute Gasteiger partial charge is 0.376 e. The van der Waals surface area contributed by atoms with E-state index < -0.39 is 50.6 Å². The highest BCUT2D eigenvalue weighted by atomic mass is 32.2. The van der Waals surface area contributed by atoms with Gasteiger partial charge in [-0.15, -0.1) is 0 Å². The molecule has 1 aliphatic rings. The van der Waals surface area contributed by atoms with Crippen molar-refractivity contribution in [2.45, 2.75) is 37.5 Å². The Bertz CT molecular complexity index is 1420. The number of alkyl halides is 6. The van der Waals surface area contributed by atoms with E-state index in [4.69, 9.17) is 0 Å². The first kappa shape index (κ1) is 27.3. The highest BCUT2D eigenvalue weighted by molar-refractivity contribution is 7.88. The summed E-state index contributed by atoms with van der Waals surface area (Å²) in [4.78, 5) is 27.0. The van der Waals surface area contributed by atoms with Crippen LogP contribution in [0.3, 0.4) is 0 Å². The standard InChI is InChI=1S/C21H18F6N6O4S/c1-12(17-30-11-31-33(17)19-28-5-2-6-29-19)32(10-13-3-4-13)18(34)14-7-15(20(22,23)24)9-16(8-14)37-38(35,36)21(25,26)27/h2,5-9,11-13H,3-4,10H2,1H3. The molecule has 1 aliphatic carbocycles. The maximum atomic E-state index is 13.5. The van der Waals surface area contributed by atoms with Gasteiger partial charge in [-0.1, -0.05) is 0 Å². The minimum Gasteiger partial charge on any atom is -0.376 e. The normalized spacial score (nSPS) is 15.2. The van der Waals surface area contributed by atoms with Gasteiger partial charge in [-0.25, -0.2) is 15.0 Å². The number of carbonyl (C=O) groups is 1. The monoisotopic (exact) mass is 564 g/mol. The molecule has 0 N–H and O–H groups in total. The first-order chi connectivity index (χ1) is 17.7. The van der Waals surface area contributed by atoms with E-state index in [1.165, 1.54) is 35.2 Å². The van der Waals surface area contributed by atoms with Crippen LogP contribution in [0.1, 0.15) is 47.6 Å². The average Bonchev–Trinajstić information content (AvgIpc) is 3.52. The Morgan fingerprint density at radius 3 is 2.34 bits per heavy atom. The van der Waals surface area contributed by atoms with Crippen LogP contribution in [0.15, 0.2) is 43.0 Å². The van der Waals surface area contributed by atoms with E-state index in [2.05, 4.69) is 24.2 Å². The van der Waals surface area contributed by atoms with E-state index in [0.717, 1.165) is 12.8 Å². The van der Waals surface area contributed by atoms with Gasteiger partial charge in [0, 0.05) is 24.5 Å². The molecule has 1 aromatic carbocycles. The molecule has 1 fully saturated rings. The van der Waals surface area contributed by atoms with Gasteiger partial charge in [-0.3, -0.25) is 4.79 Å². The third-order valence-corrected chi connectivity index (χ3v) is 6.52. The second-order valence-electron chi connectivity index (χ2n) is 8.38. The zero-order chi connectivity index (χ0) is 27.9. The van der Waals surface area contributed by atoms with Crippen LogP contribution in [0, 0.1) is 5.92 Å². The second kappa shape index (κ2) is 9.85. The van der Waals surface area contributed by atoms with Crippen molar-refractivity contribution in [3.05, 3.63) is 59.9 Å². The van der Waals surface area contributed by atoms with Crippen LogP contribution in [0.4, 0.5) is 26.3 Å². The fourth-order valence-corrected chi connectivity index (χ4v) is 3.94. The third-order valence-electron chi connectivity index (χ3n) is 5.54. The van der Waals surface area contributed by atoms with Gasteiger partial charge < -0.3 is 9.08 Å². The molecule has 0 bridgehead atoms. The summed E-state index contributed by atoms with van der Waals surface area (Å²) in [5, 5.41) is 4.04. The van der Waals surface area contributed by atoms with E-state index in [1.54, 1.807) is 6.07 Å². The molecule has 1 unspecified atom stereocenters. The second-order valence-corrected chi connectivity index (χ2v) is 9.92. The molecule has 38 heavy (non-hydrogen) atoms. The molecule has 17 heteroatoms. The fraction of sp³-hybridized carbons (Fsp3) is 0.381. The van der Waals surface area contributed by atoms with Gasteiger partial charge in [-0.2, -0.15) is 44.5 Å². The van der Waals surface area contributed by atoms with Crippen LogP contribution in [0.2, 0.25) is 0 Å². The summed E-state index contributed by atoms with van der Waals surface area (Å²) in [6, 6.07) is 1.63. The molecule has 0 aliphatic heterocycles. The zero-order valence-electron chi connectivity index (χ0n) is 19.3. The molecule has 1 atom stereocenters. The summed E-state index contributed by atoms with van der Waals surface area (Å²) in [5.41, 5.74) is -8.21. The van der Waals surface area contributed by atoms with Crippen molar-refractivity contribution in [3.8, 4) is 11.7 Å².